The Morgan fingerprint density at radius 3 is 2.30 bits per heavy atom. The van der Waals surface area contributed by atoms with Gasteiger partial charge in [0.25, 0.3) is 0 Å². The van der Waals surface area contributed by atoms with Gasteiger partial charge in [-0.3, -0.25) is 0 Å². The van der Waals surface area contributed by atoms with E-state index in [-0.39, 0.29) is 0 Å². The normalized spacial score (nSPS) is 14.0. The second kappa shape index (κ2) is 6.14. The lowest BCUT2D eigenvalue weighted by Gasteiger charge is -2.30. The summed E-state index contributed by atoms with van der Waals surface area (Å²) in [7, 11) is 0. The molecule has 0 saturated heterocycles. The topological polar surface area (TPSA) is 26.0 Å². The number of hydrogen-bond acceptors (Lipinski definition) is 1. The van der Waals surface area contributed by atoms with Crippen molar-refractivity contribution in [3.05, 3.63) is 71.3 Å². The van der Waals surface area contributed by atoms with Crippen LogP contribution >= 0.6 is 0 Å². The van der Waals surface area contributed by atoms with Gasteiger partial charge in [-0.2, -0.15) is 0 Å². The molecule has 2 aromatic rings. The fraction of sp³-hybridized carbons (Fsp3) is 0.294. The standard InChI is InChI=1S/C17H19F2N/c1-2-10-17(20,14-6-4-3-5-7-14)12-13-8-9-15(18)16(19)11-13/h3-9,11H,2,10,12,20H2,1H3. The van der Waals surface area contributed by atoms with E-state index in [2.05, 4.69) is 6.92 Å². The number of nitrogens with two attached hydrogens (primary N) is 1. The van der Waals surface area contributed by atoms with Gasteiger partial charge in [0.05, 0.1) is 0 Å². The molecule has 0 spiro atoms. The Hall–Kier alpha value is -1.74. The van der Waals surface area contributed by atoms with E-state index in [0.717, 1.165) is 24.5 Å². The maximum Gasteiger partial charge on any atom is 0.159 e. The first-order valence-electron chi connectivity index (χ1n) is 6.83. The van der Waals surface area contributed by atoms with Crippen molar-refractivity contribution in [2.24, 2.45) is 5.73 Å². The highest BCUT2D eigenvalue weighted by Gasteiger charge is 2.26. The Kier molecular flexibility index (Phi) is 4.50. The van der Waals surface area contributed by atoms with Crippen molar-refractivity contribution in [3.63, 3.8) is 0 Å². The molecule has 20 heavy (non-hydrogen) atoms. The Morgan fingerprint density at radius 2 is 1.70 bits per heavy atom. The summed E-state index contributed by atoms with van der Waals surface area (Å²) in [4.78, 5) is 0. The van der Waals surface area contributed by atoms with Crippen LogP contribution < -0.4 is 5.73 Å². The number of benzene rings is 2. The van der Waals surface area contributed by atoms with E-state index < -0.39 is 17.2 Å². The Morgan fingerprint density at radius 1 is 1.00 bits per heavy atom. The predicted molar refractivity (Wildman–Crippen MR) is 77.3 cm³/mol. The minimum atomic E-state index is -0.827. The molecule has 0 bridgehead atoms. The molecule has 2 N–H and O–H groups in total. The Labute approximate surface area is 118 Å². The molecule has 3 heteroatoms. The third kappa shape index (κ3) is 3.23. The van der Waals surface area contributed by atoms with Crippen LogP contribution in [0.3, 0.4) is 0 Å². The number of rotatable bonds is 5. The molecule has 1 unspecified atom stereocenters. The van der Waals surface area contributed by atoms with Gasteiger partial charge in [0, 0.05) is 5.54 Å². The average molecular weight is 275 g/mol. The highest BCUT2D eigenvalue weighted by molar-refractivity contribution is 5.28. The summed E-state index contributed by atoms with van der Waals surface area (Å²) in [5, 5.41) is 0. The molecule has 0 aliphatic heterocycles. The molecule has 0 aromatic heterocycles. The quantitative estimate of drug-likeness (QED) is 0.871. The van der Waals surface area contributed by atoms with Crippen LogP contribution in [0.15, 0.2) is 48.5 Å². The van der Waals surface area contributed by atoms with Gasteiger partial charge in [-0.05, 0) is 36.1 Å². The van der Waals surface area contributed by atoms with Gasteiger partial charge in [0.15, 0.2) is 11.6 Å². The molecule has 106 valence electrons. The number of hydrogen-bond donors (Lipinski definition) is 1. The SMILES string of the molecule is CCCC(N)(Cc1ccc(F)c(F)c1)c1ccccc1. The third-order valence-electron chi connectivity index (χ3n) is 3.55. The van der Waals surface area contributed by atoms with Crippen LogP contribution in [0.2, 0.25) is 0 Å². The average Bonchev–Trinajstić information content (AvgIpc) is 2.44. The lowest BCUT2D eigenvalue weighted by atomic mass is 9.81. The van der Waals surface area contributed by atoms with Gasteiger partial charge in [-0.15, -0.1) is 0 Å². The molecular formula is C17H19F2N. The van der Waals surface area contributed by atoms with Crippen molar-refractivity contribution in [1.29, 1.82) is 0 Å². The maximum atomic E-state index is 13.3. The van der Waals surface area contributed by atoms with Crippen molar-refractivity contribution in [3.8, 4) is 0 Å². The zero-order valence-corrected chi connectivity index (χ0v) is 11.6. The zero-order valence-electron chi connectivity index (χ0n) is 11.6. The molecule has 1 nitrogen and oxygen atoms in total. The van der Waals surface area contributed by atoms with Crippen molar-refractivity contribution >= 4 is 0 Å². The largest absolute Gasteiger partial charge is 0.321 e. The maximum absolute atomic E-state index is 13.3. The van der Waals surface area contributed by atoms with Gasteiger partial charge in [0.1, 0.15) is 0 Å². The highest BCUT2D eigenvalue weighted by atomic mass is 19.2. The van der Waals surface area contributed by atoms with Gasteiger partial charge in [-0.1, -0.05) is 49.7 Å². The molecule has 0 heterocycles. The fourth-order valence-electron chi connectivity index (χ4n) is 2.56. The molecule has 0 aliphatic carbocycles. The van der Waals surface area contributed by atoms with Crippen molar-refractivity contribution in [1.82, 2.24) is 0 Å². The lowest BCUT2D eigenvalue weighted by Crippen LogP contribution is -2.39. The van der Waals surface area contributed by atoms with Gasteiger partial charge in [0.2, 0.25) is 0 Å². The fourth-order valence-corrected chi connectivity index (χ4v) is 2.56. The third-order valence-corrected chi connectivity index (χ3v) is 3.55. The molecule has 0 radical (unpaired) electrons. The van der Waals surface area contributed by atoms with Gasteiger partial charge < -0.3 is 5.73 Å². The molecule has 2 rings (SSSR count). The van der Waals surface area contributed by atoms with Gasteiger partial charge >= 0.3 is 0 Å². The summed E-state index contributed by atoms with van der Waals surface area (Å²) in [6.07, 6.45) is 2.20. The van der Waals surface area contributed by atoms with Crippen LogP contribution in [-0.4, -0.2) is 0 Å². The first kappa shape index (κ1) is 14.7. The Bertz CT molecular complexity index is 568. The summed E-state index contributed by atoms with van der Waals surface area (Å²) in [6.45, 7) is 2.07. The summed E-state index contributed by atoms with van der Waals surface area (Å²) >= 11 is 0. The summed E-state index contributed by atoms with van der Waals surface area (Å²) in [6, 6.07) is 13.8. The smallest absolute Gasteiger partial charge is 0.159 e. The second-order valence-corrected chi connectivity index (χ2v) is 5.20. The van der Waals surface area contributed by atoms with E-state index >= 15 is 0 Å². The minimum absolute atomic E-state index is 0.488. The predicted octanol–water partition coefficient (Wildman–Crippen LogP) is 4.16. The van der Waals surface area contributed by atoms with E-state index in [0.29, 0.717) is 12.0 Å². The summed E-state index contributed by atoms with van der Waals surface area (Å²) < 4.78 is 26.3. The molecule has 0 amide bonds. The van der Waals surface area contributed by atoms with Crippen LogP contribution in [0.5, 0.6) is 0 Å². The molecule has 0 fully saturated rings. The van der Waals surface area contributed by atoms with Crippen molar-refractivity contribution < 1.29 is 8.78 Å². The molecular weight excluding hydrogens is 256 g/mol. The van der Waals surface area contributed by atoms with Crippen molar-refractivity contribution in [2.75, 3.05) is 0 Å². The van der Waals surface area contributed by atoms with E-state index in [1.165, 1.54) is 6.07 Å². The van der Waals surface area contributed by atoms with E-state index in [4.69, 9.17) is 5.73 Å². The van der Waals surface area contributed by atoms with E-state index in [1.54, 1.807) is 6.07 Å². The summed E-state index contributed by atoms with van der Waals surface area (Å²) in [5.74, 6) is -1.65. The number of halogens is 2. The lowest BCUT2D eigenvalue weighted by molar-refractivity contribution is 0.399. The van der Waals surface area contributed by atoms with Gasteiger partial charge in [-0.25, -0.2) is 8.78 Å². The molecule has 2 aromatic carbocycles. The zero-order chi connectivity index (χ0) is 14.6. The van der Waals surface area contributed by atoms with E-state index in [9.17, 15) is 8.78 Å². The summed E-state index contributed by atoms with van der Waals surface area (Å²) in [5.41, 5.74) is 7.71. The van der Waals surface area contributed by atoms with Crippen LogP contribution in [0.4, 0.5) is 8.78 Å². The second-order valence-electron chi connectivity index (χ2n) is 5.20. The first-order chi connectivity index (χ1) is 9.55. The molecule has 0 saturated carbocycles. The Balaban J connectivity index is 2.31. The van der Waals surface area contributed by atoms with Crippen LogP contribution in [0.1, 0.15) is 30.9 Å². The van der Waals surface area contributed by atoms with Crippen molar-refractivity contribution in [2.45, 2.75) is 31.7 Å². The highest BCUT2D eigenvalue weighted by Crippen LogP contribution is 2.28. The molecule has 0 aliphatic rings. The first-order valence-corrected chi connectivity index (χ1v) is 6.83. The van der Waals surface area contributed by atoms with Crippen LogP contribution in [0.25, 0.3) is 0 Å². The minimum Gasteiger partial charge on any atom is -0.321 e. The van der Waals surface area contributed by atoms with Crippen LogP contribution in [-0.2, 0) is 12.0 Å². The molecule has 1 atom stereocenters. The monoisotopic (exact) mass is 275 g/mol. The van der Waals surface area contributed by atoms with E-state index in [1.807, 2.05) is 30.3 Å². The van der Waals surface area contributed by atoms with Crippen LogP contribution in [0, 0.1) is 11.6 Å².